The van der Waals surface area contributed by atoms with Gasteiger partial charge in [-0.2, -0.15) is 0 Å². The fourth-order valence-electron chi connectivity index (χ4n) is 0.197. The molecule has 0 bridgehead atoms. The summed E-state index contributed by atoms with van der Waals surface area (Å²) in [7, 11) is 0. The van der Waals surface area contributed by atoms with Gasteiger partial charge >= 0.3 is 0 Å². The van der Waals surface area contributed by atoms with E-state index in [1.807, 2.05) is 6.92 Å². The third kappa shape index (κ3) is 5.15. The van der Waals surface area contributed by atoms with Crippen molar-refractivity contribution in [2.75, 3.05) is 0 Å². The van der Waals surface area contributed by atoms with Crippen LogP contribution in [0.5, 0.6) is 0 Å². The van der Waals surface area contributed by atoms with E-state index >= 15 is 0 Å². The first-order chi connectivity index (χ1) is 3.41. The zero-order valence-corrected chi connectivity index (χ0v) is 4.46. The molecule has 0 unspecified atom stereocenters. The summed E-state index contributed by atoms with van der Waals surface area (Å²) in [4.78, 5) is 3.78. The van der Waals surface area contributed by atoms with Crippen LogP contribution in [-0.2, 0) is 0 Å². The number of allylic oxidation sites excluding steroid dienone is 2. The molecule has 0 rings (SSSR count). The van der Waals surface area contributed by atoms with Gasteiger partial charge in [-0.3, -0.25) is 4.99 Å². The van der Waals surface area contributed by atoms with Crippen molar-refractivity contribution in [3.8, 4) is 0 Å². The van der Waals surface area contributed by atoms with Crippen molar-refractivity contribution in [1.29, 1.82) is 0 Å². The van der Waals surface area contributed by atoms with Crippen LogP contribution in [0.2, 0.25) is 0 Å². The molecule has 0 amide bonds. The number of hydrogen-bond acceptors (Lipinski definition) is 1. The molecule has 0 spiro atoms. The highest BCUT2D eigenvalue weighted by Gasteiger charge is 1.51. The highest BCUT2D eigenvalue weighted by Crippen LogP contribution is 1.71. The molecular weight excluding hydrogens is 86.1 g/mol. The highest BCUT2D eigenvalue weighted by molar-refractivity contribution is 5.54. The molecule has 0 aliphatic heterocycles. The van der Waals surface area contributed by atoms with Crippen molar-refractivity contribution < 1.29 is 0 Å². The van der Waals surface area contributed by atoms with Gasteiger partial charge in [0.25, 0.3) is 0 Å². The maximum atomic E-state index is 3.78. The molecule has 0 aliphatic carbocycles. The maximum Gasteiger partial charge on any atom is 0.0263 e. The zero-order chi connectivity index (χ0) is 5.54. The van der Waals surface area contributed by atoms with Crippen molar-refractivity contribution in [3.63, 3.8) is 0 Å². The zero-order valence-electron chi connectivity index (χ0n) is 4.46. The van der Waals surface area contributed by atoms with Crippen LogP contribution in [0.1, 0.15) is 6.92 Å². The Bertz CT molecular complexity index is 90.4. The topological polar surface area (TPSA) is 12.4 Å². The lowest BCUT2D eigenvalue weighted by atomic mass is 10.6. The summed E-state index contributed by atoms with van der Waals surface area (Å²) in [5.41, 5.74) is 0. The molecule has 0 aromatic carbocycles. The molecule has 1 heteroatoms. The molecule has 0 aromatic heterocycles. The lowest BCUT2D eigenvalue weighted by molar-refractivity contribution is 1.58. The fourth-order valence-corrected chi connectivity index (χ4v) is 0.197. The van der Waals surface area contributed by atoms with Crippen LogP contribution in [-0.4, -0.2) is 6.21 Å². The largest absolute Gasteiger partial charge is 0.269 e. The minimum atomic E-state index is 1.69. The van der Waals surface area contributed by atoms with Crippen molar-refractivity contribution in [3.05, 3.63) is 24.9 Å². The Morgan fingerprint density at radius 2 is 2.29 bits per heavy atom. The molecular formula is C6H9N. The second-order valence-electron chi connectivity index (χ2n) is 0.984. The quantitative estimate of drug-likeness (QED) is 0.366. The minimum absolute atomic E-state index is 1.69. The molecule has 0 N–H and O–H groups in total. The van der Waals surface area contributed by atoms with Crippen LogP contribution in [0.3, 0.4) is 0 Å². The fraction of sp³-hybridized carbons (Fsp3) is 0.167. The van der Waals surface area contributed by atoms with Gasteiger partial charge in [0.15, 0.2) is 0 Å². The second kappa shape index (κ2) is 5.15. The van der Waals surface area contributed by atoms with Crippen molar-refractivity contribution in [1.82, 2.24) is 0 Å². The van der Waals surface area contributed by atoms with Gasteiger partial charge in [0, 0.05) is 12.4 Å². The Balaban J connectivity index is 3.27. The summed E-state index contributed by atoms with van der Waals surface area (Å²) >= 11 is 0. The molecule has 7 heavy (non-hydrogen) atoms. The summed E-state index contributed by atoms with van der Waals surface area (Å²) in [6.07, 6.45) is 6.88. The summed E-state index contributed by atoms with van der Waals surface area (Å²) in [5.74, 6) is 0. The molecule has 0 saturated carbocycles. The molecule has 0 radical (unpaired) electrons. The smallest absolute Gasteiger partial charge is 0.0263 e. The summed E-state index contributed by atoms with van der Waals surface area (Å²) in [6.45, 7) is 5.34. The Labute approximate surface area is 44.1 Å². The van der Waals surface area contributed by atoms with Gasteiger partial charge in [-0.05, 0) is 13.0 Å². The number of aliphatic imine (C=N–C) groups is 1. The van der Waals surface area contributed by atoms with Gasteiger partial charge < -0.3 is 0 Å². The second-order valence-corrected chi connectivity index (χ2v) is 0.984. The predicted molar refractivity (Wildman–Crippen MR) is 33.5 cm³/mol. The lowest BCUT2D eigenvalue weighted by Gasteiger charge is -1.66. The van der Waals surface area contributed by atoms with Crippen LogP contribution < -0.4 is 0 Å². The van der Waals surface area contributed by atoms with Crippen molar-refractivity contribution >= 4 is 6.21 Å². The number of rotatable bonds is 2. The van der Waals surface area contributed by atoms with E-state index in [1.54, 1.807) is 24.6 Å². The van der Waals surface area contributed by atoms with Crippen LogP contribution in [0.4, 0.5) is 0 Å². The van der Waals surface area contributed by atoms with E-state index in [1.165, 1.54) is 0 Å². The Kier molecular flexibility index (Phi) is 4.52. The SMILES string of the molecule is C=CC=CN=CC. The van der Waals surface area contributed by atoms with E-state index in [-0.39, 0.29) is 0 Å². The van der Waals surface area contributed by atoms with Gasteiger partial charge in [-0.25, -0.2) is 0 Å². The third-order valence-corrected chi connectivity index (χ3v) is 0.457. The van der Waals surface area contributed by atoms with E-state index in [4.69, 9.17) is 0 Å². The molecule has 0 aromatic rings. The molecule has 0 aliphatic rings. The highest BCUT2D eigenvalue weighted by atomic mass is 14.6. The first-order valence-corrected chi connectivity index (χ1v) is 2.17. The van der Waals surface area contributed by atoms with E-state index in [2.05, 4.69) is 11.6 Å². The van der Waals surface area contributed by atoms with Gasteiger partial charge in [0.2, 0.25) is 0 Å². The standard InChI is InChI=1S/C6H9N/c1-3-5-6-7-4-2/h3-6H,1H2,2H3. The summed E-state index contributed by atoms with van der Waals surface area (Å²) in [6, 6.07) is 0. The van der Waals surface area contributed by atoms with Crippen molar-refractivity contribution in [2.45, 2.75) is 6.92 Å². The average Bonchev–Trinajstić information content (AvgIpc) is 1.69. The molecule has 38 valence electrons. The Hall–Kier alpha value is -0.850. The van der Waals surface area contributed by atoms with Crippen LogP contribution >= 0.6 is 0 Å². The van der Waals surface area contributed by atoms with Gasteiger partial charge in [0.1, 0.15) is 0 Å². The van der Waals surface area contributed by atoms with Crippen LogP contribution in [0.15, 0.2) is 29.9 Å². The molecule has 0 heterocycles. The average molecular weight is 95.1 g/mol. The maximum absolute atomic E-state index is 3.78. The monoisotopic (exact) mass is 95.1 g/mol. The number of hydrogen-bond donors (Lipinski definition) is 0. The van der Waals surface area contributed by atoms with Crippen LogP contribution in [0.25, 0.3) is 0 Å². The van der Waals surface area contributed by atoms with Crippen LogP contribution in [0, 0.1) is 0 Å². The van der Waals surface area contributed by atoms with E-state index in [9.17, 15) is 0 Å². The molecule has 0 fully saturated rings. The summed E-state index contributed by atoms with van der Waals surface area (Å²) < 4.78 is 0. The van der Waals surface area contributed by atoms with Gasteiger partial charge in [-0.15, -0.1) is 0 Å². The first-order valence-electron chi connectivity index (χ1n) is 2.17. The molecule has 0 saturated heterocycles. The Morgan fingerprint density at radius 3 is 2.71 bits per heavy atom. The molecule has 0 atom stereocenters. The van der Waals surface area contributed by atoms with Gasteiger partial charge in [-0.1, -0.05) is 12.7 Å². The number of nitrogens with zero attached hydrogens (tertiary/aromatic N) is 1. The first kappa shape index (κ1) is 6.15. The molecule has 1 nitrogen and oxygen atoms in total. The lowest BCUT2D eigenvalue weighted by Crippen LogP contribution is -1.51. The van der Waals surface area contributed by atoms with Crippen molar-refractivity contribution in [2.24, 2.45) is 4.99 Å². The minimum Gasteiger partial charge on any atom is -0.269 e. The normalized spacial score (nSPS) is 11.0. The Morgan fingerprint density at radius 1 is 1.57 bits per heavy atom. The summed E-state index contributed by atoms with van der Waals surface area (Å²) in [5, 5.41) is 0. The third-order valence-electron chi connectivity index (χ3n) is 0.457. The van der Waals surface area contributed by atoms with Gasteiger partial charge in [0.05, 0.1) is 0 Å². The van der Waals surface area contributed by atoms with E-state index in [0.717, 1.165) is 0 Å². The van der Waals surface area contributed by atoms with E-state index < -0.39 is 0 Å². The van der Waals surface area contributed by atoms with E-state index in [0.29, 0.717) is 0 Å². The predicted octanol–water partition coefficient (Wildman–Crippen LogP) is 1.78.